The summed E-state index contributed by atoms with van der Waals surface area (Å²) in [5.41, 5.74) is 3.79. The molecule has 4 rings (SSSR count). The Hall–Kier alpha value is -3.36. The largest absolute Gasteiger partial charge is 0.497 e. The predicted octanol–water partition coefficient (Wildman–Crippen LogP) is 4.16. The Morgan fingerprint density at radius 3 is 2.34 bits per heavy atom. The van der Waals surface area contributed by atoms with E-state index in [1.807, 2.05) is 42.5 Å². The number of anilines is 2. The maximum Gasteiger partial charge on any atom is 0.300 e. The normalized spacial score (nSPS) is 11.5. The maximum absolute atomic E-state index is 11.9. The lowest BCUT2D eigenvalue weighted by atomic mass is 10.1. The van der Waals surface area contributed by atoms with Gasteiger partial charge in [-0.1, -0.05) is 24.3 Å². The van der Waals surface area contributed by atoms with Gasteiger partial charge in [-0.3, -0.25) is 0 Å². The summed E-state index contributed by atoms with van der Waals surface area (Å²) in [4.78, 5) is 4.70. The van der Waals surface area contributed by atoms with Crippen molar-refractivity contribution >= 4 is 32.8 Å². The van der Waals surface area contributed by atoms with E-state index >= 15 is 0 Å². The summed E-state index contributed by atoms with van der Waals surface area (Å²) < 4.78 is 37.3. The average Bonchev–Trinajstić information content (AvgIpc) is 3.17. The minimum atomic E-state index is -3.48. The number of rotatable bonds is 6. The van der Waals surface area contributed by atoms with Crippen LogP contribution in [0.5, 0.6) is 5.75 Å². The zero-order valence-corrected chi connectivity index (χ0v) is 16.7. The highest BCUT2D eigenvalue weighted by molar-refractivity contribution is 7.89. The van der Waals surface area contributed by atoms with Gasteiger partial charge in [-0.2, -0.15) is 4.98 Å². The van der Waals surface area contributed by atoms with E-state index in [-0.39, 0.29) is 4.90 Å². The number of ether oxygens (including phenoxy) is 1. The SMILES string of the molecule is CNS(=O)(=O)c1ccc(-c2cccc3nc(Nc4ccc(OC)cc4)oc23)cc1. The summed E-state index contributed by atoms with van der Waals surface area (Å²) in [6.45, 7) is 0. The molecule has 0 aliphatic carbocycles. The van der Waals surface area contributed by atoms with Gasteiger partial charge in [-0.25, -0.2) is 13.1 Å². The molecule has 0 radical (unpaired) electrons. The standard InChI is InChI=1S/C21H19N3O4S/c1-22-29(25,26)17-12-6-14(7-13-17)18-4-3-5-19-20(18)28-21(24-19)23-15-8-10-16(27-2)11-9-15/h3-13,22H,1-2H3,(H,23,24). The Bertz CT molecular complexity index is 1250. The van der Waals surface area contributed by atoms with Gasteiger partial charge in [0.25, 0.3) is 6.01 Å². The first-order valence-corrected chi connectivity index (χ1v) is 10.3. The van der Waals surface area contributed by atoms with Gasteiger partial charge in [0.05, 0.1) is 12.0 Å². The van der Waals surface area contributed by atoms with Crippen LogP contribution < -0.4 is 14.8 Å². The van der Waals surface area contributed by atoms with Crippen LogP contribution in [0, 0.1) is 0 Å². The van der Waals surface area contributed by atoms with Crippen molar-refractivity contribution in [3.05, 3.63) is 66.7 Å². The van der Waals surface area contributed by atoms with Gasteiger partial charge in [0.1, 0.15) is 11.3 Å². The van der Waals surface area contributed by atoms with E-state index in [9.17, 15) is 8.42 Å². The third-order valence-corrected chi connectivity index (χ3v) is 5.93. The predicted molar refractivity (Wildman–Crippen MR) is 112 cm³/mol. The molecule has 0 atom stereocenters. The molecule has 7 nitrogen and oxygen atoms in total. The number of hydrogen-bond acceptors (Lipinski definition) is 6. The van der Waals surface area contributed by atoms with Crippen molar-refractivity contribution in [2.75, 3.05) is 19.5 Å². The molecule has 0 unspecified atom stereocenters. The molecule has 0 spiro atoms. The highest BCUT2D eigenvalue weighted by Crippen LogP contribution is 2.32. The second-order valence-corrected chi connectivity index (χ2v) is 8.14. The van der Waals surface area contributed by atoms with Crippen LogP contribution in [0.2, 0.25) is 0 Å². The summed E-state index contributed by atoms with van der Waals surface area (Å²) in [6, 6.07) is 20.1. The van der Waals surface area contributed by atoms with Crippen molar-refractivity contribution in [2.45, 2.75) is 4.90 Å². The number of fused-ring (bicyclic) bond motifs is 1. The van der Waals surface area contributed by atoms with Crippen LogP contribution in [0.15, 0.2) is 76.0 Å². The van der Waals surface area contributed by atoms with Crippen LogP contribution in [-0.4, -0.2) is 27.6 Å². The average molecular weight is 409 g/mol. The first kappa shape index (κ1) is 19.0. The summed E-state index contributed by atoms with van der Waals surface area (Å²) in [5, 5.41) is 3.14. The Kier molecular flexibility index (Phi) is 4.96. The summed E-state index contributed by atoms with van der Waals surface area (Å²) in [7, 11) is -0.479. The minimum Gasteiger partial charge on any atom is -0.497 e. The number of nitrogens with zero attached hydrogens (tertiary/aromatic N) is 1. The Morgan fingerprint density at radius 1 is 0.966 bits per heavy atom. The summed E-state index contributed by atoms with van der Waals surface area (Å²) >= 11 is 0. The lowest BCUT2D eigenvalue weighted by molar-refractivity contribution is 0.415. The van der Waals surface area contributed by atoms with E-state index in [0.717, 1.165) is 22.6 Å². The van der Waals surface area contributed by atoms with E-state index < -0.39 is 10.0 Å². The topological polar surface area (TPSA) is 93.5 Å². The van der Waals surface area contributed by atoms with E-state index in [1.54, 1.807) is 31.4 Å². The minimum absolute atomic E-state index is 0.204. The van der Waals surface area contributed by atoms with Crippen LogP contribution in [0.4, 0.5) is 11.7 Å². The molecular formula is C21H19N3O4S. The summed E-state index contributed by atoms with van der Waals surface area (Å²) in [5.74, 6) is 0.763. The third-order valence-electron chi connectivity index (χ3n) is 4.50. The molecule has 4 aromatic rings. The number of benzene rings is 3. The molecule has 3 aromatic carbocycles. The highest BCUT2D eigenvalue weighted by atomic mass is 32.2. The van der Waals surface area contributed by atoms with Gasteiger partial charge >= 0.3 is 0 Å². The van der Waals surface area contributed by atoms with Crippen molar-refractivity contribution < 1.29 is 17.6 Å². The number of nitrogens with one attached hydrogen (secondary N) is 2. The zero-order chi connectivity index (χ0) is 20.4. The van der Waals surface area contributed by atoms with Crippen LogP contribution in [0.1, 0.15) is 0 Å². The first-order chi connectivity index (χ1) is 14.0. The van der Waals surface area contributed by atoms with Crippen molar-refractivity contribution in [1.82, 2.24) is 9.71 Å². The Labute approximate surface area is 168 Å². The molecule has 0 saturated carbocycles. The van der Waals surface area contributed by atoms with E-state index in [4.69, 9.17) is 9.15 Å². The van der Waals surface area contributed by atoms with Gasteiger partial charge in [0.15, 0.2) is 5.58 Å². The van der Waals surface area contributed by atoms with Gasteiger partial charge in [-0.05, 0) is 55.1 Å². The second kappa shape index (κ2) is 7.57. The second-order valence-electron chi connectivity index (χ2n) is 6.26. The van der Waals surface area contributed by atoms with Crippen molar-refractivity contribution in [3.8, 4) is 16.9 Å². The van der Waals surface area contributed by atoms with E-state index in [2.05, 4.69) is 15.0 Å². The molecule has 0 fully saturated rings. The number of aromatic nitrogens is 1. The van der Waals surface area contributed by atoms with Gasteiger partial charge < -0.3 is 14.5 Å². The van der Waals surface area contributed by atoms with Crippen molar-refractivity contribution in [2.24, 2.45) is 0 Å². The highest BCUT2D eigenvalue weighted by Gasteiger charge is 2.14. The molecule has 0 bridgehead atoms. The lowest BCUT2D eigenvalue weighted by Gasteiger charge is -2.05. The van der Waals surface area contributed by atoms with Crippen LogP contribution >= 0.6 is 0 Å². The van der Waals surface area contributed by atoms with Crippen LogP contribution in [0.25, 0.3) is 22.2 Å². The molecule has 8 heteroatoms. The van der Waals surface area contributed by atoms with Crippen molar-refractivity contribution in [3.63, 3.8) is 0 Å². The summed E-state index contributed by atoms with van der Waals surface area (Å²) in [6.07, 6.45) is 0. The van der Waals surface area contributed by atoms with E-state index in [0.29, 0.717) is 17.1 Å². The Balaban J connectivity index is 1.67. The first-order valence-electron chi connectivity index (χ1n) is 8.85. The maximum atomic E-state index is 11.9. The number of methoxy groups -OCH3 is 1. The number of hydrogen-bond donors (Lipinski definition) is 2. The molecule has 1 heterocycles. The lowest BCUT2D eigenvalue weighted by Crippen LogP contribution is -2.18. The van der Waals surface area contributed by atoms with Gasteiger partial charge in [0, 0.05) is 11.3 Å². The van der Waals surface area contributed by atoms with Gasteiger partial charge in [0.2, 0.25) is 10.0 Å². The molecule has 0 aliphatic rings. The van der Waals surface area contributed by atoms with E-state index in [1.165, 1.54) is 7.05 Å². The van der Waals surface area contributed by atoms with Crippen molar-refractivity contribution in [1.29, 1.82) is 0 Å². The monoisotopic (exact) mass is 409 g/mol. The molecule has 148 valence electrons. The molecule has 0 aliphatic heterocycles. The molecule has 2 N–H and O–H groups in total. The fourth-order valence-electron chi connectivity index (χ4n) is 2.96. The fraction of sp³-hybridized carbons (Fsp3) is 0.0952. The Morgan fingerprint density at radius 2 is 1.69 bits per heavy atom. The van der Waals surface area contributed by atoms with Crippen LogP contribution in [-0.2, 0) is 10.0 Å². The molecule has 0 saturated heterocycles. The molecule has 0 amide bonds. The molecular weight excluding hydrogens is 390 g/mol. The number of oxazole rings is 1. The molecule has 29 heavy (non-hydrogen) atoms. The van der Waals surface area contributed by atoms with Crippen LogP contribution in [0.3, 0.4) is 0 Å². The fourth-order valence-corrected chi connectivity index (χ4v) is 3.69. The number of sulfonamides is 1. The number of para-hydroxylation sites is 1. The smallest absolute Gasteiger partial charge is 0.300 e. The third kappa shape index (κ3) is 3.80. The molecule has 1 aromatic heterocycles. The quantitative estimate of drug-likeness (QED) is 0.497. The zero-order valence-electron chi connectivity index (χ0n) is 15.8. The van der Waals surface area contributed by atoms with Gasteiger partial charge in [-0.15, -0.1) is 0 Å².